The molecule has 1 amide bonds. The van der Waals surface area contributed by atoms with Gasteiger partial charge in [-0.25, -0.2) is 4.98 Å². The molecule has 0 bridgehead atoms. The summed E-state index contributed by atoms with van der Waals surface area (Å²) in [6.45, 7) is 5.92. The molecule has 0 saturated heterocycles. The molecule has 0 spiro atoms. The zero-order valence-electron chi connectivity index (χ0n) is 13.2. The van der Waals surface area contributed by atoms with Gasteiger partial charge in [-0.1, -0.05) is 36.8 Å². The van der Waals surface area contributed by atoms with Gasteiger partial charge in [0.05, 0.1) is 12.1 Å². The fourth-order valence-electron chi connectivity index (χ4n) is 1.99. The molecule has 2 atom stereocenters. The second kappa shape index (κ2) is 7.51. The monoisotopic (exact) mass is 318 g/mol. The molecule has 118 valence electrons. The number of aromatic nitrogens is 1. The first-order valence-electron chi connectivity index (χ1n) is 7.41. The van der Waals surface area contributed by atoms with Gasteiger partial charge in [0.25, 0.3) is 0 Å². The Labute approximate surface area is 135 Å². The van der Waals surface area contributed by atoms with E-state index >= 15 is 0 Å². The number of aliphatic hydroxyl groups excluding tert-OH is 1. The molecule has 0 fully saturated rings. The van der Waals surface area contributed by atoms with Crippen LogP contribution in [-0.2, 0) is 11.2 Å². The fraction of sp³-hybridized carbons (Fsp3) is 0.412. The quantitative estimate of drug-likeness (QED) is 0.861. The highest BCUT2D eigenvalue weighted by Gasteiger charge is 2.15. The van der Waals surface area contributed by atoms with Gasteiger partial charge in [-0.2, -0.15) is 0 Å². The molecule has 5 heteroatoms. The summed E-state index contributed by atoms with van der Waals surface area (Å²) in [5, 5.41) is 14.9. The van der Waals surface area contributed by atoms with Crippen molar-refractivity contribution in [3.8, 4) is 10.6 Å². The van der Waals surface area contributed by atoms with Crippen molar-refractivity contribution in [2.45, 2.75) is 33.2 Å². The number of carbonyl (C=O) groups is 1. The molecule has 22 heavy (non-hydrogen) atoms. The number of hydrogen-bond donors (Lipinski definition) is 2. The maximum absolute atomic E-state index is 12.0. The molecule has 0 aliphatic carbocycles. The average Bonchev–Trinajstić information content (AvgIpc) is 2.95. The Balaban J connectivity index is 1.97. The Kier molecular flexibility index (Phi) is 5.69. The third kappa shape index (κ3) is 4.39. The van der Waals surface area contributed by atoms with Crippen molar-refractivity contribution < 1.29 is 9.90 Å². The van der Waals surface area contributed by atoms with E-state index in [0.29, 0.717) is 0 Å². The van der Waals surface area contributed by atoms with Gasteiger partial charge in [-0.15, -0.1) is 11.3 Å². The highest BCUT2D eigenvalue weighted by atomic mass is 32.1. The smallest absolute Gasteiger partial charge is 0.226 e. The number of amides is 1. The van der Waals surface area contributed by atoms with Crippen molar-refractivity contribution in [3.05, 3.63) is 40.9 Å². The number of aliphatic hydroxyl groups is 1. The lowest BCUT2D eigenvalue weighted by molar-refractivity contribution is -0.121. The van der Waals surface area contributed by atoms with Crippen molar-refractivity contribution in [2.75, 3.05) is 6.61 Å². The molecule has 0 aliphatic rings. The number of hydrogen-bond acceptors (Lipinski definition) is 4. The maximum atomic E-state index is 12.0. The molecule has 4 nitrogen and oxygen atoms in total. The molecule has 1 aromatic carbocycles. The van der Waals surface area contributed by atoms with Gasteiger partial charge < -0.3 is 10.4 Å². The summed E-state index contributed by atoms with van der Waals surface area (Å²) in [6.07, 6.45) is 0.269. The summed E-state index contributed by atoms with van der Waals surface area (Å²) in [4.78, 5) is 16.5. The van der Waals surface area contributed by atoms with Crippen LogP contribution in [0, 0.1) is 12.8 Å². The molecule has 0 aliphatic heterocycles. The van der Waals surface area contributed by atoms with Crippen molar-refractivity contribution in [1.29, 1.82) is 0 Å². The van der Waals surface area contributed by atoms with E-state index in [4.69, 9.17) is 5.11 Å². The SMILES string of the molecule is Cc1ccc(-c2nc(CC(=O)NC(C)C(C)CO)cs2)cc1. The third-order valence-electron chi connectivity index (χ3n) is 3.72. The van der Waals surface area contributed by atoms with Crippen molar-refractivity contribution in [3.63, 3.8) is 0 Å². The summed E-state index contributed by atoms with van der Waals surface area (Å²) in [6, 6.07) is 8.15. The number of benzene rings is 1. The summed E-state index contributed by atoms with van der Waals surface area (Å²) < 4.78 is 0. The maximum Gasteiger partial charge on any atom is 0.226 e. The van der Waals surface area contributed by atoms with Gasteiger partial charge in [0.1, 0.15) is 5.01 Å². The first kappa shape index (κ1) is 16.6. The Morgan fingerprint density at radius 2 is 2.00 bits per heavy atom. The zero-order valence-corrected chi connectivity index (χ0v) is 14.0. The minimum absolute atomic E-state index is 0.0440. The molecular weight excluding hydrogens is 296 g/mol. The van der Waals surface area contributed by atoms with E-state index in [1.54, 1.807) is 11.3 Å². The number of aryl methyl sites for hydroxylation is 1. The molecule has 0 saturated carbocycles. The largest absolute Gasteiger partial charge is 0.396 e. The normalized spacial score (nSPS) is 13.6. The van der Waals surface area contributed by atoms with Crippen LogP contribution >= 0.6 is 11.3 Å². The lowest BCUT2D eigenvalue weighted by Crippen LogP contribution is -2.39. The van der Waals surface area contributed by atoms with Crippen LogP contribution in [0.2, 0.25) is 0 Å². The second-order valence-electron chi connectivity index (χ2n) is 5.70. The van der Waals surface area contributed by atoms with Crippen LogP contribution in [0.15, 0.2) is 29.6 Å². The first-order chi connectivity index (χ1) is 10.5. The van der Waals surface area contributed by atoms with Gasteiger partial charge in [0, 0.05) is 23.6 Å². The average molecular weight is 318 g/mol. The first-order valence-corrected chi connectivity index (χ1v) is 8.29. The predicted molar refractivity (Wildman–Crippen MR) is 89.8 cm³/mol. The zero-order chi connectivity index (χ0) is 16.1. The standard InChI is InChI=1S/C17H22N2O2S/c1-11-4-6-14(7-5-11)17-19-15(10-22-17)8-16(21)18-13(3)12(2)9-20/h4-7,10,12-13,20H,8-9H2,1-3H3,(H,18,21). The van der Waals surface area contributed by atoms with E-state index in [9.17, 15) is 4.79 Å². The molecule has 2 unspecified atom stereocenters. The van der Waals surface area contributed by atoms with E-state index in [1.165, 1.54) is 5.56 Å². The van der Waals surface area contributed by atoms with Gasteiger partial charge in [-0.05, 0) is 19.8 Å². The predicted octanol–water partition coefficient (Wildman–Crippen LogP) is 2.79. The summed E-state index contributed by atoms with van der Waals surface area (Å²) in [5.74, 6) is -0.0175. The second-order valence-corrected chi connectivity index (χ2v) is 6.56. The summed E-state index contributed by atoms with van der Waals surface area (Å²) in [5.41, 5.74) is 3.07. The lowest BCUT2D eigenvalue weighted by atomic mass is 10.1. The Hall–Kier alpha value is -1.72. The molecule has 2 rings (SSSR count). The number of rotatable bonds is 6. The van der Waals surface area contributed by atoms with Crippen LogP contribution in [0.4, 0.5) is 0 Å². The van der Waals surface area contributed by atoms with E-state index in [-0.39, 0.29) is 30.9 Å². The number of nitrogens with one attached hydrogen (secondary N) is 1. The van der Waals surface area contributed by atoms with Crippen LogP contribution in [0.5, 0.6) is 0 Å². The number of nitrogens with zero attached hydrogens (tertiary/aromatic N) is 1. The van der Waals surface area contributed by atoms with E-state index in [2.05, 4.69) is 29.4 Å². The Morgan fingerprint density at radius 3 is 2.64 bits per heavy atom. The fourth-order valence-corrected chi connectivity index (χ4v) is 2.81. The van der Waals surface area contributed by atoms with E-state index in [0.717, 1.165) is 16.3 Å². The van der Waals surface area contributed by atoms with Crippen molar-refractivity contribution >= 4 is 17.2 Å². The van der Waals surface area contributed by atoms with Crippen LogP contribution in [0.25, 0.3) is 10.6 Å². The van der Waals surface area contributed by atoms with E-state index < -0.39 is 0 Å². The molecular formula is C17H22N2O2S. The van der Waals surface area contributed by atoms with Gasteiger partial charge in [0.15, 0.2) is 0 Å². The summed E-state index contributed by atoms with van der Waals surface area (Å²) in [7, 11) is 0. The topological polar surface area (TPSA) is 62.2 Å². The summed E-state index contributed by atoms with van der Waals surface area (Å²) >= 11 is 1.55. The van der Waals surface area contributed by atoms with Gasteiger partial charge in [0.2, 0.25) is 5.91 Å². The van der Waals surface area contributed by atoms with Crippen LogP contribution in [-0.4, -0.2) is 28.6 Å². The molecule has 2 N–H and O–H groups in total. The van der Waals surface area contributed by atoms with Gasteiger partial charge in [-0.3, -0.25) is 4.79 Å². The highest BCUT2D eigenvalue weighted by Crippen LogP contribution is 2.24. The Morgan fingerprint density at radius 1 is 1.32 bits per heavy atom. The molecule has 1 heterocycles. The minimum atomic E-state index is -0.0615. The molecule has 1 aromatic heterocycles. The molecule has 2 aromatic rings. The number of thiazole rings is 1. The number of carbonyl (C=O) groups excluding carboxylic acids is 1. The van der Waals surface area contributed by atoms with Crippen LogP contribution in [0.1, 0.15) is 25.1 Å². The Bertz CT molecular complexity index is 622. The lowest BCUT2D eigenvalue weighted by Gasteiger charge is -2.18. The van der Waals surface area contributed by atoms with E-state index in [1.807, 2.05) is 31.4 Å². The third-order valence-corrected chi connectivity index (χ3v) is 4.66. The minimum Gasteiger partial charge on any atom is -0.396 e. The molecule has 0 radical (unpaired) electrons. The highest BCUT2D eigenvalue weighted by molar-refractivity contribution is 7.13. The van der Waals surface area contributed by atoms with Crippen molar-refractivity contribution in [2.24, 2.45) is 5.92 Å². The van der Waals surface area contributed by atoms with Crippen molar-refractivity contribution in [1.82, 2.24) is 10.3 Å². The van der Waals surface area contributed by atoms with Gasteiger partial charge >= 0.3 is 0 Å². The van der Waals surface area contributed by atoms with Crippen LogP contribution in [0.3, 0.4) is 0 Å². The van der Waals surface area contributed by atoms with Crippen LogP contribution < -0.4 is 5.32 Å².